The SMILES string of the molecule is CC1(C)C[C@H](O)[C@]2(C)C[C@@H]2C1=O. The predicted molar refractivity (Wildman–Crippen MR) is 45.6 cm³/mol. The first kappa shape index (κ1) is 8.24. The number of fused-ring (bicyclic) bond motifs is 1. The van der Waals surface area contributed by atoms with Crippen LogP contribution in [0.1, 0.15) is 33.6 Å². The highest BCUT2D eigenvalue weighted by molar-refractivity contribution is 5.90. The molecule has 0 spiro atoms. The summed E-state index contributed by atoms with van der Waals surface area (Å²) in [7, 11) is 0. The lowest BCUT2D eigenvalue weighted by Crippen LogP contribution is -2.41. The number of hydrogen-bond donors (Lipinski definition) is 1. The monoisotopic (exact) mass is 168 g/mol. The molecule has 0 aromatic rings. The van der Waals surface area contributed by atoms with Gasteiger partial charge in [0.2, 0.25) is 0 Å². The molecule has 12 heavy (non-hydrogen) atoms. The fourth-order valence-corrected chi connectivity index (χ4v) is 2.43. The van der Waals surface area contributed by atoms with Gasteiger partial charge < -0.3 is 5.11 Å². The second-order valence-electron chi connectivity index (χ2n) is 5.23. The van der Waals surface area contributed by atoms with Crippen LogP contribution in [-0.4, -0.2) is 17.0 Å². The lowest BCUT2D eigenvalue weighted by atomic mass is 9.71. The molecule has 2 heteroatoms. The summed E-state index contributed by atoms with van der Waals surface area (Å²) in [5.41, 5.74) is -0.354. The maximum Gasteiger partial charge on any atom is 0.142 e. The number of ketones is 1. The molecule has 68 valence electrons. The average Bonchev–Trinajstić information content (AvgIpc) is 2.60. The van der Waals surface area contributed by atoms with Gasteiger partial charge in [-0.2, -0.15) is 0 Å². The minimum Gasteiger partial charge on any atom is -0.393 e. The van der Waals surface area contributed by atoms with Crippen molar-refractivity contribution in [3.8, 4) is 0 Å². The van der Waals surface area contributed by atoms with Crippen molar-refractivity contribution in [1.82, 2.24) is 0 Å². The normalized spacial score (nSPS) is 50.2. The van der Waals surface area contributed by atoms with E-state index >= 15 is 0 Å². The first-order valence-electron chi connectivity index (χ1n) is 4.60. The van der Waals surface area contributed by atoms with Gasteiger partial charge in [-0.15, -0.1) is 0 Å². The third kappa shape index (κ3) is 0.817. The summed E-state index contributed by atoms with van der Waals surface area (Å²) < 4.78 is 0. The maximum atomic E-state index is 11.7. The van der Waals surface area contributed by atoms with Crippen LogP contribution in [0.25, 0.3) is 0 Å². The number of carbonyl (C=O) groups is 1. The first-order valence-corrected chi connectivity index (χ1v) is 4.60. The number of carbonyl (C=O) groups excluding carboxylic acids is 1. The molecule has 1 N–H and O–H groups in total. The molecule has 0 saturated heterocycles. The molecule has 2 nitrogen and oxygen atoms in total. The summed E-state index contributed by atoms with van der Waals surface area (Å²) in [6.07, 6.45) is 1.27. The Morgan fingerprint density at radius 3 is 2.50 bits per heavy atom. The van der Waals surface area contributed by atoms with Crippen molar-refractivity contribution in [3.05, 3.63) is 0 Å². The van der Waals surface area contributed by atoms with Crippen molar-refractivity contribution in [3.63, 3.8) is 0 Å². The van der Waals surface area contributed by atoms with E-state index in [1.54, 1.807) is 0 Å². The number of rotatable bonds is 0. The molecule has 0 amide bonds. The molecule has 2 fully saturated rings. The number of aliphatic hydroxyl groups is 1. The van der Waals surface area contributed by atoms with Gasteiger partial charge in [-0.1, -0.05) is 20.8 Å². The summed E-state index contributed by atoms with van der Waals surface area (Å²) in [4.78, 5) is 11.7. The smallest absolute Gasteiger partial charge is 0.142 e. The van der Waals surface area contributed by atoms with Crippen LogP contribution < -0.4 is 0 Å². The topological polar surface area (TPSA) is 37.3 Å². The van der Waals surface area contributed by atoms with Crippen LogP contribution in [0.2, 0.25) is 0 Å². The molecule has 0 aromatic heterocycles. The number of aliphatic hydroxyl groups excluding tert-OH is 1. The van der Waals surface area contributed by atoms with Gasteiger partial charge in [-0.3, -0.25) is 4.79 Å². The van der Waals surface area contributed by atoms with Gasteiger partial charge in [-0.25, -0.2) is 0 Å². The van der Waals surface area contributed by atoms with E-state index in [9.17, 15) is 9.90 Å². The number of Topliss-reactive ketones (excluding diaryl/α,β-unsaturated/α-hetero) is 1. The zero-order chi connectivity index (χ0) is 9.15. The van der Waals surface area contributed by atoms with Crippen LogP contribution in [0.3, 0.4) is 0 Å². The van der Waals surface area contributed by atoms with Crippen molar-refractivity contribution in [2.24, 2.45) is 16.7 Å². The lowest BCUT2D eigenvalue weighted by molar-refractivity contribution is -0.136. The molecule has 0 bridgehead atoms. The summed E-state index contributed by atoms with van der Waals surface area (Å²) in [5.74, 6) is 0.506. The van der Waals surface area contributed by atoms with Gasteiger partial charge in [0.15, 0.2) is 0 Å². The molecule has 2 rings (SSSR count). The van der Waals surface area contributed by atoms with Gasteiger partial charge in [0.25, 0.3) is 0 Å². The molecule has 2 aliphatic rings. The predicted octanol–water partition coefficient (Wildman–Crippen LogP) is 1.37. The Morgan fingerprint density at radius 1 is 1.33 bits per heavy atom. The molecule has 2 saturated carbocycles. The Kier molecular flexibility index (Phi) is 1.32. The van der Waals surface area contributed by atoms with Crippen LogP contribution in [0.5, 0.6) is 0 Å². The lowest BCUT2D eigenvalue weighted by Gasteiger charge is -2.34. The standard InChI is InChI=1S/C10H16O2/c1-9(2)5-7(11)10(3)4-6(10)8(9)12/h6-7,11H,4-5H2,1-3H3/t6-,7+,10-/m1/s1. The van der Waals surface area contributed by atoms with Crippen LogP contribution in [-0.2, 0) is 4.79 Å². The largest absolute Gasteiger partial charge is 0.393 e. The Balaban J connectivity index is 2.28. The van der Waals surface area contributed by atoms with E-state index in [4.69, 9.17) is 0 Å². The highest BCUT2D eigenvalue weighted by Crippen LogP contribution is 2.62. The molecule has 0 heterocycles. The molecule has 0 aromatic carbocycles. The van der Waals surface area contributed by atoms with Crippen LogP contribution >= 0.6 is 0 Å². The Hall–Kier alpha value is -0.370. The van der Waals surface area contributed by atoms with Crippen molar-refractivity contribution in [2.45, 2.75) is 39.7 Å². The van der Waals surface area contributed by atoms with Crippen LogP contribution in [0.15, 0.2) is 0 Å². The molecular weight excluding hydrogens is 152 g/mol. The molecule has 3 atom stereocenters. The second kappa shape index (κ2) is 1.92. The minimum absolute atomic E-state index is 0.0629. The van der Waals surface area contributed by atoms with Crippen molar-refractivity contribution in [2.75, 3.05) is 0 Å². The maximum absolute atomic E-state index is 11.7. The summed E-state index contributed by atoms with van der Waals surface area (Å²) in [6.45, 7) is 5.91. The summed E-state index contributed by atoms with van der Waals surface area (Å²) in [5, 5.41) is 9.78. The summed E-state index contributed by atoms with van der Waals surface area (Å²) >= 11 is 0. The Bertz CT molecular complexity index is 244. The molecular formula is C10H16O2. The van der Waals surface area contributed by atoms with Crippen molar-refractivity contribution >= 4 is 5.78 Å². The van der Waals surface area contributed by atoms with Crippen molar-refractivity contribution < 1.29 is 9.90 Å². The van der Waals surface area contributed by atoms with Crippen LogP contribution in [0.4, 0.5) is 0 Å². The molecule has 2 aliphatic carbocycles. The Morgan fingerprint density at radius 2 is 1.92 bits per heavy atom. The second-order valence-corrected chi connectivity index (χ2v) is 5.23. The third-order valence-corrected chi connectivity index (χ3v) is 3.73. The highest BCUT2D eigenvalue weighted by atomic mass is 16.3. The fourth-order valence-electron chi connectivity index (χ4n) is 2.43. The fraction of sp³-hybridized carbons (Fsp3) is 0.900. The van der Waals surface area contributed by atoms with Gasteiger partial charge in [-0.05, 0) is 12.8 Å². The van der Waals surface area contributed by atoms with E-state index in [1.165, 1.54) is 0 Å². The molecule has 0 unspecified atom stereocenters. The van der Waals surface area contributed by atoms with Gasteiger partial charge in [0, 0.05) is 16.7 Å². The van der Waals surface area contributed by atoms with Gasteiger partial charge in [0.1, 0.15) is 5.78 Å². The van der Waals surface area contributed by atoms with E-state index in [0.29, 0.717) is 12.2 Å². The quantitative estimate of drug-likeness (QED) is 0.593. The first-order chi connectivity index (χ1) is 5.38. The van der Waals surface area contributed by atoms with Gasteiger partial charge >= 0.3 is 0 Å². The van der Waals surface area contributed by atoms with Crippen LogP contribution in [0, 0.1) is 16.7 Å². The van der Waals surface area contributed by atoms with Gasteiger partial charge in [0.05, 0.1) is 6.10 Å². The third-order valence-electron chi connectivity index (χ3n) is 3.73. The van der Waals surface area contributed by atoms with E-state index in [0.717, 1.165) is 6.42 Å². The van der Waals surface area contributed by atoms with E-state index < -0.39 is 0 Å². The number of hydrogen-bond acceptors (Lipinski definition) is 2. The Labute approximate surface area is 73.0 Å². The zero-order valence-corrected chi connectivity index (χ0v) is 7.92. The molecule has 0 aliphatic heterocycles. The minimum atomic E-state index is -0.292. The van der Waals surface area contributed by atoms with Crippen molar-refractivity contribution in [1.29, 1.82) is 0 Å². The average molecular weight is 168 g/mol. The van der Waals surface area contributed by atoms with E-state index in [1.807, 2.05) is 20.8 Å². The van der Waals surface area contributed by atoms with E-state index in [2.05, 4.69) is 0 Å². The van der Waals surface area contributed by atoms with E-state index in [-0.39, 0.29) is 22.9 Å². The summed E-state index contributed by atoms with van der Waals surface area (Å²) in [6, 6.07) is 0. The zero-order valence-electron chi connectivity index (χ0n) is 7.92. The highest BCUT2D eigenvalue weighted by Gasteiger charge is 2.65. The molecule has 0 radical (unpaired) electrons.